The molecule has 0 unspecified atom stereocenters. The van der Waals surface area contributed by atoms with Crippen molar-refractivity contribution in [3.63, 3.8) is 0 Å². The van der Waals surface area contributed by atoms with Crippen LogP contribution in [-0.4, -0.2) is 26.2 Å². The van der Waals surface area contributed by atoms with Crippen LogP contribution in [0.5, 0.6) is 5.75 Å². The Kier molecular flexibility index (Phi) is 7.49. The zero-order valence-electron chi connectivity index (χ0n) is 18.7. The van der Waals surface area contributed by atoms with Gasteiger partial charge in [-0.1, -0.05) is 65.3 Å². The largest absolute Gasteiger partial charge is 0.489 e. The van der Waals surface area contributed by atoms with Gasteiger partial charge in [-0.3, -0.25) is 14.7 Å². The van der Waals surface area contributed by atoms with Crippen LogP contribution in [0, 0.1) is 24.0 Å². The number of hydrogen-bond donors (Lipinski definition) is 0. The molecule has 1 heterocycles. The van der Waals surface area contributed by atoms with Crippen LogP contribution in [0.15, 0.2) is 78.0 Å². The molecule has 0 spiro atoms. The molecule has 0 aliphatic heterocycles. The van der Waals surface area contributed by atoms with E-state index >= 15 is 0 Å². The van der Waals surface area contributed by atoms with Crippen LogP contribution < -0.4 is 4.74 Å². The molecule has 0 aliphatic carbocycles. The normalized spacial score (nSPS) is 11.9. The lowest BCUT2D eigenvalue weighted by Crippen LogP contribution is -2.11. The van der Waals surface area contributed by atoms with Crippen molar-refractivity contribution in [3.8, 4) is 11.4 Å². The van der Waals surface area contributed by atoms with Crippen molar-refractivity contribution in [2.24, 2.45) is 0 Å². The molecule has 4 rings (SSSR count). The number of ether oxygens (including phenoxy) is 1. The van der Waals surface area contributed by atoms with Crippen molar-refractivity contribution in [1.29, 1.82) is 0 Å². The molecule has 0 saturated carbocycles. The molecule has 0 radical (unpaired) electrons. The van der Waals surface area contributed by atoms with Crippen molar-refractivity contribution >= 4 is 23.4 Å². The molecule has 0 fully saturated rings. The van der Waals surface area contributed by atoms with Crippen molar-refractivity contribution in [1.82, 2.24) is 14.8 Å². The lowest BCUT2D eigenvalue weighted by molar-refractivity contribution is -0.479. The molecule has 9 heteroatoms. The Morgan fingerprint density at radius 2 is 1.68 bits per heavy atom. The molecule has 0 aliphatic rings. The molecule has 0 N–H and O–H groups in total. The molecule has 7 nitrogen and oxygen atoms in total. The molecule has 0 saturated heterocycles. The third kappa shape index (κ3) is 5.95. The smallest absolute Gasteiger partial charge is 0.220 e. The maximum Gasteiger partial charge on any atom is 0.220 e. The van der Waals surface area contributed by atoms with Gasteiger partial charge in [-0.15, -0.1) is 10.2 Å². The number of halogens is 1. The van der Waals surface area contributed by atoms with Gasteiger partial charge in [0.1, 0.15) is 23.4 Å². The van der Waals surface area contributed by atoms with Gasteiger partial charge >= 0.3 is 0 Å². The fraction of sp³-hybridized carbons (Fsp3) is 0.200. The van der Waals surface area contributed by atoms with Gasteiger partial charge < -0.3 is 4.74 Å². The number of hydrogen-bond acceptors (Lipinski definition) is 6. The Morgan fingerprint density at radius 1 is 1.00 bits per heavy atom. The first-order valence-electron chi connectivity index (χ1n) is 10.6. The standard InChI is InChI=1S/C25H23ClN4O3S/c1-17-3-5-19(6-4-17)16-33-23-13-7-20(8-14-23)24(15-29(31)32)34-25-28-27-18(2)30(25)22-11-9-21(26)10-12-22/h3-14,24H,15-16H2,1-2H3/t24-/m0/s1. The van der Waals surface area contributed by atoms with Crippen molar-refractivity contribution < 1.29 is 9.66 Å². The monoisotopic (exact) mass is 494 g/mol. The number of benzene rings is 3. The summed E-state index contributed by atoms with van der Waals surface area (Å²) in [6, 6.07) is 22.9. The first kappa shape index (κ1) is 23.8. The molecule has 0 amide bonds. The maximum atomic E-state index is 11.4. The lowest BCUT2D eigenvalue weighted by atomic mass is 10.1. The van der Waals surface area contributed by atoms with Crippen LogP contribution >= 0.6 is 23.4 Å². The topological polar surface area (TPSA) is 83.1 Å². The summed E-state index contributed by atoms with van der Waals surface area (Å²) in [6.45, 7) is 4.09. The number of thioether (sulfide) groups is 1. The summed E-state index contributed by atoms with van der Waals surface area (Å²) in [5.74, 6) is 1.39. The summed E-state index contributed by atoms with van der Waals surface area (Å²) in [4.78, 5) is 11.1. The quantitative estimate of drug-likeness (QED) is 0.156. The molecule has 1 aromatic heterocycles. The minimum Gasteiger partial charge on any atom is -0.489 e. The number of rotatable bonds is 9. The SMILES string of the molecule is Cc1ccc(COc2ccc([C@H](C[N+](=O)[O-])Sc3nnc(C)n3-c3ccc(Cl)cc3)cc2)cc1. The van der Waals surface area contributed by atoms with Crippen LogP contribution in [-0.2, 0) is 6.61 Å². The number of aromatic nitrogens is 3. The van der Waals surface area contributed by atoms with Gasteiger partial charge in [0.05, 0.1) is 0 Å². The van der Waals surface area contributed by atoms with Crippen molar-refractivity contribution in [2.75, 3.05) is 6.54 Å². The molecular formula is C25H23ClN4O3S. The third-order valence-electron chi connectivity index (χ3n) is 5.22. The number of aryl methyl sites for hydroxylation is 2. The predicted octanol–water partition coefficient (Wildman–Crippen LogP) is 6.23. The minimum absolute atomic E-state index is 0.249. The van der Waals surface area contributed by atoms with E-state index in [1.807, 2.05) is 79.1 Å². The van der Waals surface area contributed by atoms with E-state index in [1.54, 1.807) is 12.1 Å². The molecule has 34 heavy (non-hydrogen) atoms. The van der Waals surface area contributed by atoms with E-state index in [1.165, 1.54) is 17.3 Å². The van der Waals surface area contributed by atoms with E-state index < -0.39 is 5.25 Å². The second-order valence-electron chi connectivity index (χ2n) is 7.81. The Bertz CT molecular complexity index is 1260. The van der Waals surface area contributed by atoms with E-state index in [4.69, 9.17) is 16.3 Å². The van der Waals surface area contributed by atoms with E-state index in [0.717, 1.165) is 16.8 Å². The van der Waals surface area contributed by atoms with E-state index in [2.05, 4.69) is 10.2 Å². The average Bonchev–Trinajstić information content (AvgIpc) is 3.19. The fourth-order valence-electron chi connectivity index (χ4n) is 3.41. The van der Waals surface area contributed by atoms with Crippen LogP contribution in [0.4, 0.5) is 0 Å². The van der Waals surface area contributed by atoms with E-state index in [-0.39, 0.29) is 11.5 Å². The van der Waals surface area contributed by atoms with Gasteiger partial charge in [0.15, 0.2) is 5.16 Å². The highest BCUT2D eigenvalue weighted by atomic mass is 35.5. The summed E-state index contributed by atoms with van der Waals surface area (Å²) in [7, 11) is 0. The maximum absolute atomic E-state index is 11.4. The summed E-state index contributed by atoms with van der Waals surface area (Å²) < 4.78 is 7.75. The fourth-order valence-corrected chi connectivity index (χ4v) is 4.71. The van der Waals surface area contributed by atoms with E-state index in [9.17, 15) is 10.1 Å². The molecule has 4 aromatic rings. The summed E-state index contributed by atoms with van der Waals surface area (Å²) in [6.07, 6.45) is 0. The first-order valence-corrected chi connectivity index (χ1v) is 11.9. The van der Waals surface area contributed by atoms with Crippen LogP contribution in [0.3, 0.4) is 0 Å². The van der Waals surface area contributed by atoms with Gasteiger partial charge in [-0.05, 0) is 61.4 Å². The minimum atomic E-state index is -0.448. The Labute approximate surface area is 206 Å². The molecule has 0 bridgehead atoms. The highest BCUT2D eigenvalue weighted by Crippen LogP contribution is 2.36. The van der Waals surface area contributed by atoms with Gasteiger partial charge in [0.2, 0.25) is 6.54 Å². The van der Waals surface area contributed by atoms with E-state index in [0.29, 0.717) is 28.4 Å². The Balaban J connectivity index is 1.52. The molecular weight excluding hydrogens is 472 g/mol. The zero-order valence-corrected chi connectivity index (χ0v) is 20.3. The Hall–Kier alpha value is -3.36. The highest BCUT2D eigenvalue weighted by Gasteiger charge is 2.24. The number of nitrogens with zero attached hydrogens (tertiary/aromatic N) is 4. The lowest BCUT2D eigenvalue weighted by Gasteiger charge is -2.15. The van der Waals surface area contributed by atoms with Gasteiger partial charge in [-0.2, -0.15) is 0 Å². The highest BCUT2D eigenvalue weighted by molar-refractivity contribution is 7.99. The van der Waals surface area contributed by atoms with Crippen molar-refractivity contribution in [3.05, 3.63) is 110 Å². The van der Waals surface area contributed by atoms with Crippen molar-refractivity contribution in [2.45, 2.75) is 30.9 Å². The second kappa shape index (κ2) is 10.7. The molecule has 3 aromatic carbocycles. The van der Waals surface area contributed by atoms with Gasteiger partial charge in [-0.25, -0.2) is 0 Å². The molecule has 174 valence electrons. The first-order chi connectivity index (χ1) is 16.4. The number of nitro groups is 1. The van der Waals surface area contributed by atoms with Crippen LogP contribution in [0.25, 0.3) is 5.69 Å². The summed E-state index contributed by atoms with van der Waals surface area (Å²) in [5.41, 5.74) is 3.93. The summed E-state index contributed by atoms with van der Waals surface area (Å²) >= 11 is 7.33. The summed E-state index contributed by atoms with van der Waals surface area (Å²) in [5, 5.41) is 20.6. The van der Waals surface area contributed by atoms with Gasteiger partial charge in [0, 0.05) is 15.6 Å². The second-order valence-corrected chi connectivity index (χ2v) is 9.41. The predicted molar refractivity (Wildman–Crippen MR) is 134 cm³/mol. The van der Waals surface area contributed by atoms with Crippen LogP contribution in [0.2, 0.25) is 5.02 Å². The molecule has 1 atom stereocenters. The third-order valence-corrected chi connectivity index (χ3v) is 6.65. The van der Waals surface area contributed by atoms with Gasteiger partial charge in [0.25, 0.3) is 0 Å². The van der Waals surface area contributed by atoms with Crippen LogP contribution in [0.1, 0.15) is 27.8 Å². The zero-order chi connectivity index (χ0) is 24.1. The Morgan fingerprint density at radius 3 is 2.32 bits per heavy atom. The average molecular weight is 495 g/mol.